The first-order chi connectivity index (χ1) is 7.59. The Hall–Kier alpha value is -0.790. The second-order valence-corrected chi connectivity index (χ2v) is 5.78. The Morgan fingerprint density at radius 3 is 2.00 bits per heavy atom. The van der Waals surface area contributed by atoms with Gasteiger partial charge in [-0.05, 0) is 17.7 Å². The van der Waals surface area contributed by atoms with Crippen molar-refractivity contribution < 1.29 is 21.6 Å². The van der Waals surface area contributed by atoms with E-state index in [9.17, 15) is 21.6 Å². The maximum Gasteiger partial charge on any atom is 0.390 e. The van der Waals surface area contributed by atoms with Gasteiger partial charge in [0, 0.05) is 12.3 Å². The summed E-state index contributed by atoms with van der Waals surface area (Å²) in [5.74, 6) is 0. The molecule has 0 heterocycles. The molecule has 0 saturated heterocycles. The Balaban J connectivity index is 0.00000289. The second-order valence-electron chi connectivity index (χ2n) is 3.77. The van der Waals surface area contributed by atoms with Crippen molar-refractivity contribution in [3.63, 3.8) is 0 Å². The molecule has 0 aromatic heterocycles. The minimum atomic E-state index is -4.34. The van der Waals surface area contributed by atoms with Crippen LogP contribution in [-0.4, -0.2) is 20.8 Å². The molecule has 1 atom stereocenters. The lowest BCUT2D eigenvalue weighted by atomic mass is 10.0. The van der Waals surface area contributed by atoms with Crippen molar-refractivity contribution in [2.75, 3.05) is 6.26 Å². The topological polar surface area (TPSA) is 60.2 Å². The van der Waals surface area contributed by atoms with E-state index in [1.54, 1.807) is 0 Å². The van der Waals surface area contributed by atoms with Crippen LogP contribution in [0.3, 0.4) is 0 Å². The van der Waals surface area contributed by atoms with Gasteiger partial charge in [0.1, 0.15) is 0 Å². The summed E-state index contributed by atoms with van der Waals surface area (Å²) in [4.78, 5) is 0.0560. The van der Waals surface area contributed by atoms with E-state index in [4.69, 9.17) is 5.73 Å². The lowest BCUT2D eigenvalue weighted by Crippen LogP contribution is -2.20. The van der Waals surface area contributed by atoms with Crippen LogP contribution in [0.2, 0.25) is 0 Å². The normalized spacial score (nSPS) is 13.8. The summed E-state index contributed by atoms with van der Waals surface area (Å²) in [5.41, 5.74) is 5.63. The minimum absolute atomic E-state index is 0. The molecule has 104 valence electrons. The summed E-state index contributed by atoms with van der Waals surface area (Å²) in [7, 11) is -3.34. The van der Waals surface area contributed by atoms with E-state index >= 15 is 0 Å². The fourth-order valence-electron chi connectivity index (χ4n) is 1.33. The van der Waals surface area contributed by atoms with Gasteiger partial charge in [0.2, 0.25) is 0 Å². The highest BCUT2D eigenvalue weighted by Gasteiger charge is 2.30. The van der Waals surface area contributed by atoms with Crippen molar-refractivity contribution >= 4 is 22.2 Å². The zero-order valence-electron chi connectivity index (χ0n) is 9.44. The monoisotopic (exact) mass is 303 g/mol. The fraction of sp³-hybridized carbons (Fsp3) is 0.400. The van der Waals surface area contributed by atoms with E-state index in [0.29, 0.717) is 0 Å². The van der Waals surface area contributed by atoms with Crippen molar-refractivity contribution in [3.8, 4) is 0 Å². The van der Waals surface area contributed by atoms with Crippen LogP contribution in [0.15, 0.2) is 29.2 Å². The SMILES string of the molecule is CS(=O)(=O)c1ccc([C@@H](N)CC(F)(F)F)cc1.Cl. The summed E-state index contributed by atoms with van der Waals surface area (Å²) in [6, 6.07) is 3.92. The van der Waals surface area contributed by atoms with Crippen LogP contribution in [0.4, 0.5) is 13.2 Å². The summed E-state index contributed by atoms with van der Waals surface area (Å²) < 4.78 is 58.5. The maximum atomic E-state index is 12.1. The summed E-state index contributed by atoms with van der Waals surface area (Å²) in [6.07, 6.45) is -4.45. The molecule has 1 rings (SSSR count). The first-order valence-corrected chi connectivity index (χ1v) is 6.61. The Kier molecular flexibility index (Phi) is 5.64. The molecule has 0 aliphatic heterocycles. The Labute approximate surface area is 110 Å². The molecule has 1 aromatic carbocycles. The van der Waals surface area contributed by atoms with E-state index in [2.05, 4.69) is 0 Å². The predicted octanol–water partition coefficient (Wildman–Crippen LogP) is 2.46. The van der Waals surface area contributed by atoms with Crippen LogP contribution >= 0.6 is 12.4 Å². The number of halogens is 4. The van der Waals surface area contributed by atoms with Gasteiger partial charge in [0.15, 0.2) is 9.84 Å². The first kappa shape index (κ1) is 17.2. The number of sulfone groups is 1. The smallest absolute Gasteiger partial charge is 0.324 e. The molecule has 0 unspecified atom stereocenters. The quantitative estimate of drug-likeness (QED) is 0.933. The molecule has 0 radical (unpaired) electrons. The molecule has 0 aliphatic carbocycles. The van der Waals surface area contributed by atoms with Crippen LogP contribution in [0.5, 0.6) is 0 Å². The highest BCUT2D eigenvalue weighted by atomic mass is 35.5. The minimum Gasteiger partial charge on any atom is -0.324 e. The van der Waals surface area contributed by atoms with E-state index in [1.807, 2.05) is 0 Å². The third-order valence-electron chi connectivity index (χ3n) is 2.19. The summed E-state index contributed by atoms with van der Waals surface area (Å²) in [5, 5.41) is 0. The van der Waals surface area contributed by atoms with Gasteiger partial charge in [-0.15, -0.1) is 12.4 Å². The third kappa shape index (κ3) is 5.24. The van der Waals surface area contributed by atoms with Crippen LogP contribution in [0.25, 0.3) is 0 Å². The van der Waals surface area contributed by atoms with Crippen LogP contribution < -0.4 is 5.73 Å². The highest BCUT2D eigenvalue weighted by molar-refractivity contribution is 7.90. The third-order valence-corrected chi connectivity index (χ3v) is 3.32. The maximum absolute atomic E-state index is 12.1. The van der Waals surface area contributed by atoms with Crippen LogP contribution in [0, 0.1) is 0 Å². The lowest BCUT2D eigenvalue weighted by Gasteiger charge is -2.14. The van der Waals surface area contributed by atoms with Crippen molar-refractivity contribution in [2.24, 2.45) is 5.73 Å². The standard InChI is InChI=1S/C10H12F3NO2S.ClH/c1-17(15,16)8-4-2-7(3-5-8)9(14)6-10(11,12)13;/h2-5,9H,6,14H2,1H3;1H/t9-;/m0./s1. The van der Waals surface area contributed by atoms with E-state index in [-0.39, 0.29) is 22.9 Å². The molecule has 0 bridgehead atoms. The van der Waals surface area contributed by atoms with Gasteiger partial charge in [0.25, 0.3) is 0 Å². The van der Waals surface area contributed by atoms with Gasteiger partial charge in [-0.1, -0.05) is 12.1 Å². The number of hydrogen-bond acceptors (Lipinski definition) is 3. The zero-order valence-corrected chi connectivity index (χ0v) is 11.1. The number of rotatable bonds is 3. The second kappa shape index (κ2) is 5.90. The van der Waals surface area contributed by atoms with Crippen LogP contribution in [-0.2, 0) is 9.84 Å². The summed E-state index contributed by atoms with van der Waals surface area (Å²) >= 11 is 0. The van der Waals surface area contributed by atoms with Gasteiger partial charge in [-0.25, -0.2) is 8.42 Å². The van der Waals surface area contributed by atoms with Gasteiger partial charge in [0.05, 0.1) is 11.3 Å². The molecule has 0 aliphatic rings. The average Bonchev–Trinajstić information content (AvgIpc) is 2.14. The molecular weight excluding hydrogens is 291 g/mol. The van der Waals surface area contributed by atoms with Crippen molar-refractivity contribution in [1.82, 2.24) is 0 Å². The molecule has 18 heavy (non-hydrogen) atoms. The summed E-state index contributed by atoms with van der Waals surface area (Å²) in [6.45, 7) is 0. The molecule has 8 heteroatoms. The number of benzene rings is 1. The largest absolute Gasteiger partial charge is 0.390 e. The van der Waals surface area contributed by atoms with E-state index in [1.165, 1.54) is 24.3 Å². The van der Waals surface area contributed by atoms with Crippen molar-refractivity contribution in [1.29, 1.82) is 0 Å². The van der Waals surface area contributed by atoms with E-state index in [0.717, 1.165) is 6.26 Å². The first-order valence-electron chi connectivity index (χ1n) is 4.72. The zero-order chi connectivity index (χ0) is 13.3. The molecule has 1 aromatic rings. The Bertz CT molecular complexity index is 485. The molecule has 0 amide bonds. The molecule has 0 spiro atoms. The molecule has 0 fully saturated rings. The fourth-order valence-corrected chi connectivity index (χ4v) is 1.96. The van der Waals surface area contributed by atoms with E-state index < -0.39 is 28.5 Å². The van der Waals surface area contributed by atoms with Gasteiger partial charge in [-0.2, -0.15) is 13.2 Å². The Morgan fingerprint density at radius 2 is 1.67 bits per heavy atom. The van der Waals surface area contributed by atoms with Crippen molar-refractivity contribution in [2.45, 2.75) is 23.5 Å². The van der Waals surface area contributed by atoms with Gasteiger partial charge < -0.3 is 5.73 Å². The Morgan fingerprint density at radius 1 is 1.22 bits per heavy atom. The number of nitrogens with two attached hydrogens (primary N) is 1. The number of alkyl halides is 3. The average molecular weight is 304 g/mol. The van der Waals surface area contributed by atoms with Gasteiger partial charge in [-0.3, -0.25) is 0 Å². The van der Waals surface area contributed by atoms with Crippen LogP contribution in [0.1, 0.15) is 18.0 Å². The van der Waals surface area contributed by atoms with Crippen molar-refractivity contribution in [3.05, 3.63) is 29.8 Å². The molecule has 3 nitrogen and oxygen atoms in total. The lowest BCUT2D eigenvalue weighted by molar-refractivity contribution is -0.138. The predicted molar refractivity (Wildman–Crippen MR) is 64.4 cm³/mol. The molecule has 0 saturated carbocycles. The molecular formula is C10H13ClF3NO2S. The highest BCUT2D eigenvalue weighted by Crippen LogP contribution is 2.28. The molecule has 2 N–H and O–H groups in total. The van der Waals surface area contributed by atoms with Gasteiger partial charge >= 0.3 is 6.18 Å². The number of hydrogen-bond donors (Lipinski definition) is 1.